The van der Waals surface area contributed by atoms with E-state index < -0.39 is 0 Å². The molecule has 1 fully saturated rings. The Morgan fingerprint density at radius 2 is 1.74 bits per heavy atom. The van der Waals surface area contributed by atoms with Crippen LogP contribution in [0.5, 0.6) is 0 Å². The number of nitrogens with one attached hydrogen (secondary N) is 3. The molecule has 1 aromatic heterocycles. The minimum absolute atomic E-state index is 0.123. The molecule has 0 unspecified atom stereocenters. The van der Waals surface area contributed by atoms with Gasteiger partial charge in [0.15, 0.2) is 0 Å². The first-order chi connectivity index (χ1) is 13.0. The second-order valence-corrected chi connectivity index (χ2v) is 6.93. The van der Waals surface area contributed by atoms with Crippen LogP contribution < -0.4 is 20.9 Å². The molecule has 0 spiro atoms. The van der Waals surface area contributed by atoms with Crippen LogP contribution >= 0.6 is 0 Å². The van der Waals surface area contributed by atoms with E-state index in [9.17, 15) is 9.18 Å². The third-order valence-corrected chi connectivity index (χ3v) is 4.60. The highest BCUT2D eigenvalue weighted by molar-refractivity contribution is 5.89. The molecule has 3 rings (SSSR count). The van der Waals surface area contributed by atoms with Gasteiger partial charge in [-0.1, -0.05) is 0 Å². The molecule has 1 saturated carbocycles. The lowest BCUT2D eigenvalue weighted by molar-refractivity contribution is 0.243. The Morgan fingerprint density at radius 1 is 1.07 bits per heavy atom. The van der Waals surface area contributed by atoms with Crippen LogP contribution in [0.15, 0.2) is 36.5 Å². The smallest absolute Gasteiger partial charge is 0.319 e. The molecule has 8 heteroatoms. The summed E-state index contributed by atoms with van der Waals surface area (Å²) in [4.78, 5) is 22.8. The van der Waals surface area contributed by atoms with Gasteiger partial charge in [-0.15, -0.1) is 0 Å². The normalized spacial score (nSPS) is 19.2. The fourth-order valence-electron chi connectivity index (χ4n) is 3.12. The molecule has 0 atom stereocenters. The van der Waals surface area contributed by atoms with E-state index in [1.807, 2.05) is 25.1 Å². The summed E-state index contributed by atoms with van der Waals surface area (Å²) in [5.41, 5.74) is 0.571. The fraction of sp³-hybridized carbons (Fsp3) is 0.421. The molecule has 0 aliphatic heterocycles. The third-order valence-electron chi connectivity index (χ3n) is 4.60. The number of benzene rings is 1. The van der Waals surface area contributed by atoms with Gasteiger partial charge in [-0.05, 0) is 56.0 Å². The number of carbonyl (C=O) groups is 1. The predicted octanol–water partition coefficient (Wildman–Crippen LogP) is 3.23. The molecule has 1 heterocycles. The first-order valence-corrected chi connectivity index (χ1v) is 9.09. The van der Waals surface area contributed by atoms with E-state index in [-0.39, 0.29) is 17.9 Å². The van der Waals surface area contributed by atoms with E-state index in [0.29, 0.717) is 17.7 Å². The average molecular weight is 372 g/mol. The maximum atomic E-state index is 12.9. The van der Waals surface area contributed by atoms with Crippen molar-refractivity contribution in [1.29, 1.82) is 0 Å². The van der Waals surface area contributed by atoms with Gasteiger partial charge in [0, 0.05) is 38.1 Å². The van der Waals surface area contributed by atoms with E-state index in [2.05, 4.69) is 25.9 Å². The van der Waals surface area contributed by atoms with Crippen molar-refractivity contribution in [1.82, 2.24) is 15.3 Å². The van der Waals surface area contributed by atoms with Crippen molar-refractivity contribution >= 4 is 23.5 Å². The van der Waals surface area contributed by atoms with Gasteiger partial charge in [0.25, 0.3) is 0 Å². The molecule has 0 saturated heterocycles. The number of hydrogen-bond donors (Lipinski definition) is 3. The highest BCUT2D eigenvalue weighted by Crippen LogP contribution is 2.22. The largest absolute Gasteiger partial charge is 0.363 e. The summed E-state index contributed by atoms with van der Waals surface area (Å²) >= 11 is 0. The second kappa shape index (κ2) is 8.66. The lowest BCUT2D eigenvalue weighted by Gasteiger charge is -2.29. The predicted molar refractivity (Wildman–Crippen MR) is 105 cm³/mol. The SMILES string of the molecule is CN(C)c1ccnc(NC2CCC(NC(=O)Nc3ccc(F)cc3)CC2)n1. The summed E-state index contributed by atoms with van der Waals surface area (Å²) in [6.07, 6.45) is 5.36. The summed E-state index contributed by atoms with van der Waals surface area (Å²) in [5, 5.41) is 9.09. The summed E-state index contributed by atoms with van der Waals surface area (Å²) in [5.74, 6) is 1.17. The van der Waals surface area contributed by atoms with Crippen molar-refractivity contribution in [3.8, 4) is 0 Å². The lowest BCUT2D eigenvalue weighted by atomic mass is 9.91. The van der Waals surface area contributed by atoms with Crippen LogP contribution in [0.3, 0.4) is 0 Å². The van der Waals surface area contributed by atoms with E-state index in [1.54, 1.807) is 6.20 Å². The van der Waals surface area contributed by atoms with Gasteiger partial charge in [0.1, 0.15) is 11.6 Å². The molecule has 1 aromatic carbocycles. The monoisotopic (exact) mass is 372 g/mol. The van der Waals surface area contributed by atoms with Gasteiger partial charge < -0.3 is 20.9 Å². The van der Waals surface area contributed by atoms with E-state index in [4.69, 9.17) is 0 Å². The van der Waals surface area contributed by atoms with Crippen molar-refractivity contribution in [2.45, 2.75) is 37.8 Å². The van der Waals surface area contributed by atoms with Crippen molar-refractivity contribution in [3.05, 3.63) is 42.3 Å². The first-order valence-electron chi connectivity index (χ1n) is 9.09. The molecule has 1 aliphatic carbocycles. The molecular weight excluding hydrogens is 347 g/mol. The van der Waals surface area contributed by atoms with Gasteiger partial charge in [0.05, 0.1) is 0 Å². The van der Waals surface area contributed by atoms with Crippen LogP contribution in [-0.4, -0.2) is 42.2 Å². The van der Waals surface area contributed by atoms with Crippen LogP contribution in [0, 0.1) is 5.82 Å². The summed E-state index contributed by atoms with van der Waals surface area (Å²) in [7, 11) is 3.89. The van der Waals surface area contributed by atoms with Crippen molar-refractivity contribution in [2.24, 2.45) is 0 Å². The Kier molecular flexibility index (Phi) is 6.05. The number of halogens is 1. The van der Waals surface area contributed by atoms with E-state index >= 15 is 0 Å². The Balaban J connectivity index is 1.44. The minimum Gasteiger partial charge on any atom is -0.363 e. The third kappa shape index (κ3) is 5.54. The van der Waals surface area contributed by atoms with Crippen LogP contribution in [0.1, 0.15) is 25.7 Å². The van der Waals surface area contributed by atoms with Crippen molar-refractivity contribution in [3.63, 3.8) is 0 Å². The van der Waals surface area contributed by atoms with Crippen LogP contribution in [0.4, 0.5) is 26.6 Å². The van der Waals surface area contributed by atoms with E-state index in [1.165, 1.54) is 24.3 Å². The average Bonchev–Trinajstić information content (AvgIpc) is 2.65. The zero-order valence-electron chi connectivity index (χ0n) is 15.6. The van der Waals surface area contributed by atoms with Gasteiger partial charge in [-0.3, -0.25) is 0 Å². The topological polar surface area (TPSA) is 82.2 Å². The standard InChI is InChI=1S/C19H25FN6O/c1-26(2)17-11-12-21-18(25-17)22-14-7-9-16(10-8-14)24-19(27)23-15-5-3-13(20)4-6-15/h3-6,11-12,14,16H,7-10H2,1-2H3,(H,21,22,25)(H2,23,24,27). The molecule has 0 bridgehead atoms. The molecule has 7 nitrogen and oxygen atoms in total. The minimum atomic E-state index is -0.327. The zero-order valence-corrected chi connectivity index (χ0v) is 15.6. The molecule has 2 amide bonds. The Hall–Kier alpha value is -2.90. The number of nitrogens with zero attached hydrogens (tertiary/aromatic N) is 3. The molecular formula is C19H25FN6O. The first kappa shape index (κ1) is 18.9. The van der Waals surface area contributed by atoms with Gasteiger partial charge in [0.2, 0.25) is 5.95 Å². The Labute approximate surface area is 158 Å². The molecule has 27 heavy (non-hydrogen) atoms. The lowest BCUT2D eigenvalue weighted by Crippen LogP contribution is -2.42. The van der Waals surface area contributed by atoms with Gasteiger partial charge in [-0.2, -0.15) is 4.98 Å². The maximum absolute atomic E-state index is 12.9. The van der Waals surface area contributed by atoms with Crippen LogP contribution in [0.2, 0.25) is 0 Å². The van der Waals surface area contributed by atoms with Crippen LogP contribution in [-0.2, 0) is 0 Å². The Bertz CT molecular complexity index is 759. The zero-order chi connectivity index (χ0) is 19.2. The molecule has 2 aromatic rings. The number of rotatable bonds is 5. The molecule has 1 aliphatic rings. The molecule has 0 radical (unpaired) electrons. The summed E-state index contributed by atoms with van der Waals surface area (Å²) in [6.45, 7) is 0. The number of hydrogen-bond acceptors (Lipinski definition) is 5. The van der Waals surface area contributed by atoms with Crippen LogP contribution in [0.25, 0.3) is 0 Å². The van der Waals surface area contributed by atoms with E-state index in [0.717, 1.165) is 31.5 Å². The molecule has 3 N–H and O–H groups in total. The quantitative estimate of drug-likeness (QED) is 0.751. The Morgan fingerprint density at radius 3 is 2.41 bits per heavy atom. The second-order valence-electron chi connectivity index (χ2n) is 6.93. The number of amides is 2. The number of anilines is 3. The fourth-order valence-corrected chi connectivity index (χ4v) is 3.12. The summed E-state index contributed by atoms with van der Waals surface area (Å²) < 4.78 is 12.9. The van der Waals surface area contributed by atoms with Gasteiger partial charge in [-0.25, -0.2) is 14.2 Å². The number of urea groups is 1. The summed E-state index contributed by atoms with van der Waals surface area (Å²) in [6, 6.07) is 7.74. The number of carbonyl (C=O) groups excluding carboxylic acids is 1. The number of aromatic nitrogens is 2. The highest BCUT2D eigenvalue weighted by atomic mass is 19.1. The van der Waals surface area contributed by atoms with Crippen molar-refractivity contribution in [2.75, 3.05) is 29.6 Å². The highest BCUT2D eigenvalue weighted by Gasteiger charge is 2.23. The molecule has 144 valence electrons. The van der Waals surface area contributed by atoms with Gasteiger partial charge >= 0.3 is 6.03 Å². The van der Waals surface area contributed by atoms with Crippen molar-refractivity contribution < 1.29 is 9.18 Å². The maximum Gasteiger partial charge on any atom is 0.319 e.